The molecule has 38 heavy (non-hydrogen) atoms. The minimum Gasteiger partial charge on any atom is -0.447 e. The van der Waals surface area contributed by atoms with Gasteiger partial charge in [-0.05, 0) is 81.5 Å². The molecule has 0 saturated heterocycles. The van der Waals surface area contributed by atoms with Crippen molar-refractivity contribution in [3.8, 4) is 0 Å². The number of pyridine rings is 1. The fourth-order valence-corrected chi connectivity index (χ4v) is 4.29. The van der Waals surface area contributed by atoms with E-state index in [-0.39, 0.29) is 36.5 Å². The minimum absolute atomic E-state index is 0.0476. The second-order valence-corrected chi connectivity index (χ2v) is 10.3. The number of aromatic nitrogens is 1. The van der Waals surface area contributed by atoms with Crippen molar-refractivity contribution in [2.45, 2.75) is 58.3 Å². The molecule has 2 aromatic carbocycles. The van der Waals surface area contributed by atoms with Gasteiger partial charge < -0.3 is 20.1 Å². The first-order chi connectivity index (χ1) is 17.8. The highest BCUT2D eigenvalue weighted by Crippen LogP contribution is 2.21. The Bertz CT molecular complexity index is 1300. The molecule has 0 aliphatic rings. The molecule has 3 aromatic rings. The van der Waals surface area contributed by atoms with Gasteiger partial charge in [-0.2, -0.15) is 0 Å². The van der Waals surface area contributed by atoms with E-state index < -0.39 is 35.4 Å². The van der Waals surface area contributed by atoms with Crippen molar-refractivity contribution in [3.05, 3.63) is 70.9 Å². The number of carbonyl (C=O) groups is 2. The molecule has 0 fully saturated rings. The Morgan fingerprint density at radius 1 is 1.11 bits per heavy atom. The highest BCUT2D eigenvalue weighted by Gasteiger charge is 2.32. The van der Waals surface area contributed by atoms with Gasteiger partial charge in [-0.25, -0.2) is 23.4 Å². The van der Waals surface area contributed by atoms with Gasteiger partial charge in [-0.1, -0.05) is 17.7 Å². The molecule has 1 aromatic heterocycles. The lowest BCUT2D eigenvalue weighted by molar-refractivity contribution is 0.0163. The molecule has 3 amide bonds. The largest absolute Gasteiger partial charge is 0.447 e. The topological polar surface area (TPSA) is 104 Å². The summed E-state index contributed by atoms with van der Waals surface area (Å²) in [5, 5.41) is 17.2. The Kier molecular flexibility index (Phi) is 9.45. The zero-order chi connectivity index (χ0) is 28.0. The SMILES string of the molecule is CC(C)N(C(=O)NCc1ccc(F)cc1Cl)[C@H](COC(=O)Nc1cc2cc(F)ccc2cn1)CC(C)(C)O. The maximum Gasteiger partial charge on any atom is 0.412 e. The number of fused-ring (bicyclic) bond motifs is 1. The van der Waals surface area contributed by atoms with Gasteiger partial charge in [0.15, 0.2) is 0 Å². The van der Waals surface area contributed by atoms with E-state index in [1.165, 1.54) is 41.4 Å². The molecular weight excluding hydrogens is 518 g/mol. The average molecular weight is 549 g/mol. The van der Waals surface area contributed by atoms with Gasteiger partial charge in [0.25, 0.3) is 0 Å². The summed E-state index contributed by atoms with van der Waals surface area (Å²) in [4.78, 5) is 31.3. The fraction of sp³-hybridized carbons (Fsp3) is 0.370. The summed E-state index contributed by atoms with van der Waals surface area (Å²) in [6, 6.07) is 8.14. The van der Waals surface area contributed by atoms with E-state index in [1.807, 2.05) is 0 Å². The van der Waals surface area contributed by atoms with Crippen molar-refractivity contribution in [3.63, 3.8) is 0 Å². The van der Waals surface area contributed by atoms with Crippen LogP contribution in [0.2, 0.25) is 5.02 Å². The molecule has 0 bridgehead atoms. The van der Waals surface area contributed by atoms with Crippen LogP contribution in [-0.2, 0) is 11.3 Å². The van der Waals surface area contributed by atoms with Gasteiger partial charge in [-0.3, -0.25) is 5.32 Å². The number of urea groups is 1. The zero-order valence-electron chi connectivity index (χ0n) is 21.6. The van der Waals surface area contributed by atoms with E-state index in [4.69, 9.17) is 16.3 Å². The third-order valence-corrected chi connectivity index (χ3v) is 6.04. The Morgan fingerprint density at radius 3 is 2.45 bits per heavy atom. The summed E-state index contributed by atoms with van der Waals surface area (Å²) in [6.07, 6.45) is 0.785. The number of anilines is 1. The van der Waals surface area contributed by atoms with E-state index in [2.05, 4.69) is 15.6 Å². The molecule has 0 radical (unpaired) electrons. The summed E-state index contributed by atoms with van der Waals surface area (Å²) >= 11 is 6.07. The van der Waals surface area contributed by atoms with E-state index >= 15 is 0 Å². The van der Waals surface area contributed by atoms with E-state index in [0.29, 0.717) is 16.3 Å². The summed E-state index contributed by atoms with van der Waals surface area (Å²) in [5.74, 6) is -0.734. The molecule has 204 valence electrons. The molecule has 3 N–H and O–H groups in total. The first kappa shape index (κ1) is 29.1. The third kappa shape index (κ3) is 8.26. The number of benzene rings is 2. The quantitative estimate of drug-likeness (QED) is 0.310. The van der Waals surface area contributed by atoms with Crippen molar-refractivity contribution in [1.29, 1.82) is 0 Å². The van der Waals surface area contributed by atoms with Crippen molar-refractivity contribution < 1.29 is 28.2 Å². The van der Waals surface area contributed by atoms with Crippen LogP contribution in [-0.4, -0.2) is 51.4 Å². The number of amides is 3. The summed E-state index contributed by atoms with van der Waals surface area (Å²) in [6.45, 7) is 6.59. The molecule has 8 nitrogen and oxygen atoms in total. The van der Waals surface area contributed by atoms with E-state index in [0.717, 1.165) is 6.07 Å². The molecule has 11 heteroatoms. The monoisotopic (exact) mass is 548 g/mol. The highest BCUT2D eigenvalue weighted by atomic mass is 35.5. The molecule has 3 rings (SSSR count). The Balaban J connectivity index is 1.69. The number of nitrogens with one attached hydrogen (secondary N) is 2. The van der Waals surface area contributed by atoms with Crippen LogP contribution in [0, 0.1) is 11.6 Å². The maximum atomic E-state index is 13.6. The van der Waals surface area contributed by atoms with Crippen LogP contribution >= 0.6 is 11.6 Å². The van der Waals surface area contributed by atoms with Gasteiger partial charge in [0.2, 0.25) is 0 Å². The van der Waals surface area contributed by atoms with Gasteiger partial charge in [0, 0.05) is 29.2 Å². The predicted molar refractivity (Wildman–Crippen MR) is 142 cm³/mol. The van der Waals surface area contributed by atoms with Crippen LogP contribution in [0.3, 0.4) is 0 Å². The van der Waals surface area contributed by atoms with E-state index in [1.54, 1.807) is 33.8 Å². The smallest absolute Gasteiger partial charge is 0.412 e. The Morgan fingerprint density at radius 2 is 1.79 bits per heavy atom. The standard InChI is InChI=1S/C27H31ClF2N4O4/c1-16(2)34(25(35)32-14-18-6-8-21(30)11-23(18)28)22(12-27(3,4)37)15-38-26(36)33-24-10-19-9-20(29)7-5-17(19)13-31-24/h5-11,13,16,22,37H,12,14-15H2,1-4H3,(H,32,35)(H,31,33,36)/t22-/m0/s1. The normalized spacial score (nSPS) is 12.3. The number of rotatable bonds is 9. The molecule has 1 heterocycles. The molecule has 0 aliphatic heterocycles. The van der Waals surface area contributed by atoms with Gasteiger partial charge in [0.1, 0.15) is 24.1 Å². The number of halogens is 3. The summed E-state index contributed by atoms with van der Waals surface area (Å²) in [5.41, 5.74) is -0.648. The number of hydrogen-bond acceptors (Lipinski definition) is 5. The van der Waals surface area contributed by atoms with Crippen LogP contribution in [0.1, 0.15) is 39.7 Å². The number of carbonyl (C=O) groups excluding carboxylic acids is 2. The van der Waals surface area contributed by atoms with Crippen molar-refractivity contribution in [1.82, 2.24) is 15.2 Å². The predicted octanol–water partition coefficient (Wildman–Crippen LogP) is 5.86. The third-order valence-electron chi connectivity index (χ3n) is 5.69. The van der Waals surface area contributed by atoms with Crippen molar-refractivity contribution >= 4 is 40.3 Å². The molecule has 1 atom stereocenters. The summed E-state index contributed by atoms with van der Waals surface area (Å²) in [7, 11) is 0. The molecular formula is C27H31ClF2N4O4. The van der Waals surface area contributed by atoms with Gasteiger partial charge >= 0.3 is 12.1 Å². The number of ether oxygens (including phenoxy) is 1. The second-order valence-electron chi connectivity index (χ2n) is 9.85. The van der Waals surface area contributed by atoms with Crippen LogP contribution in [0.4, 0.5) is 24.2 Å². The Hall–Kier alpha value is -3.50. The van der Waals surface area contributed by atoms with Crippen LogP contribution in [0.15, 0.2) is 48.7 Å². The number of aliphatic hydroxyl groups is 1. The van der Waals surface area contributed by atoms with E-state index in [9.17, 15) is 23.5 Å². The lowest BCUT2D eigenvalue weighted by Gasteiger charge is -2.37. The molecule has 0 saturated carbocycles. The van der Waals surface area contributed by atoms with Crippen LogP contribution in [0.5, 0.6) is 0 Å². The fourth-order valence-electron chi connectivity index (χ4n) is 4.06. The average Bonchev–Trinajstić information content (AvgIpc) is 2.80. The lowest BCUT2D eigenvalue weighted by atomic mass is 9.97. The maximum absolute atomic E-state index is 13.6. The molecule has 0 unspecified atom stereocenters. The van der Waals surface area contributed by atoms with Gasteiger partial charge in [-0.15, -0.1) is 0 Å². The highest BCUT2D eigenvalue weighted by molar-refractivity contribution is 6.31. The van der Waals surface area contributed by atoms with Crippen molar-refractivity contribution in [2.24, 2.45) is 0 Å². The molecule has 0 spiro atoms. The number of nitrogens with zero attached hydrogens (tertiary/aromatic N) is 2. The minimum atomic E-state index is -1.18. The van der Waals surface area contributed by atoms with Crippen LogP contribution < -0.4 is 10.6 Å². The molecule has 0 aliphatic carbocycles. The zero-order valence-corrected chi connectivity index (χ0v) is 22.4. The first-order valence-electron chi connectivity index (χ1n) is 12.0. The lowest BCUT2D eigenvalue weighted by Crippen LogP contribution is -2.53. The second kappa shape index (κ2) is 12.4. The van der Waals surface area contributed by atoms with Crippen LogP contribution in [0.25, 0.3) is 10.8 Å². The Labute approximate surface area is 224 Å². The number of hydrogen-bond donors (Lipinski definition) is 3. The van der Waals surface area contributed by atoms with Gasteiger partial charge in [0.05, 0.1) is 11.6 Å². The summed E-state index contributed by atoms with van der Waals surface area (Å²) < 4.78 is 32.3. The van der Waals surface area contributed by atoms with Crippen molar-refractivity contribution in [2.75, 3.05) is 11.9 Å². The first-order valence-corrected chi connectivity index (χ1v) is 12.4.